The number of para-hydroxylation sites is 1. The van der Waals surface area contributed by atoms with Gasteiger partial charge in [0, 0.05) is 11.3 Å². The summed E-state index contributed by atoms with van der Waals surface area (Å²) in [5, 5.41) is 12.9. The fraction of sp³-hybridized carbons (Fsp3) is 0.233. The van der Waals surface area contributed by atoms with E-state index in [9.17, 15) is 9.90 Å². The summed E-state index contributed by atoms with van der Waals surface area (Å²) in [7, 11) is 0. The van der Waals surface area contributed by atoms with Crippen LogP contribution < -0.4 is 10.1 Å². The van der Waals surface area contributed by atoms with Gasteiger partial charge in [0.2, 0.25) is 0 Å². The van der Waals surface area contributed by atoms with Gasteiger partial charge in [0.1, 0.15) is 17.1 Å². The molecule has 0 aliphatic heterocycles. The number of phenols is 1. The highest BCUT2D eigenvalue weighted by Crippen LogP contribution is 2.23. The molecule has 3 rings (SSSR count). The number of aryl methyl sites for hydroxylation is 1. The van der Waals surface area contributed by atoms with Crippen molar-refractivity contribution in [3.63, 3.8) is 0 Å². The summed E-state index contributed by atoms with van der Waals surface area (Å²) in [5.74, 6) is 12.8. The molecule has 0 aliphatic rings. The lowest BCUT2D eigenvalue weighted by molar-refractivity contribution is 0.0636. The number of phenolic OH excluding ortho intramolecular Hbond substituents is 1. The minimum absolute atomic E-state index is 0.00275. The molecule has 5 nitrogen and oxygen atoms in total. The maximum atomic E-state index is 12.1. The topological polar surface area (TPSA) is 67.8 Å². The molecule has 3 aromatic carbocycles. The lowest BCUT2D eigenvalue weighted by Crippen LogP contribution is -2.27. The van der Waals surface area contributed by atoms with Crippen molar-refractivity contribution in [3.8, 4) is 35.2 Å². The Bertz CT molecular complexity index is 1310. The highest BCUT2D eigenvalue weighted by molar-refractivity contribution is 5.85. The van der Waals surface area contributed by atoms with E-state index in [1.165, 1.54) is 11.6 Å². The number of hydrogen-bond acceptors (Lipinski definition) is 4. The van der Waals surface area contributed by atoms with Gasteiger partial charge in [0.25, 0.3) is 0 Å². The summed E-state index contributed by atoms with van der Waals surface area (Å²) < 4.78 is 11.3. The molecule has 178 valence electrons. The maximum Gasteiger partial charge on any atom is 0.412 e. The predicted molar refractivity (Wildman–Crippen MR) is 139 cm³/mol. The Balaban J connectivity index is 1.76. The Morgan fingerprint density at radius 2 is 1.63 bits per heavy atom. The molecule has 0 fully saturated rings. The third-order valence-electron chi connectivity index (χ3n) is 4.64. The van der Waals surface area contributed by atoms with Crippen molar-refractivity contribution < 1.29 is 19.4 Å². The fourth-order valence-electron chi connectivity index (χ4n) is 2.98. The highest BCUT2D eigenvalue weighted by atomic mass is 16.6. The van der Waals surface area contributed by atoms with Crippen molar-refractivity contribution in [2.75, 3.05) is 5.32 Å². The number of hydrogen-bond donors (Lipinski definition) is 2. The van der Waals surface area contributed by atoms with Gasteiger partial charge in [0.15, 0.2) is 6.10 Å². The van der Waals surface area contributed by atoms with Crippen LogP contribution >= 0.6 is 0 Å². The third-order valence-corrected chi connectivity index (χ3v) is 4.64. The van der Waals surface area contributed by atoms with E-state index in [-0.39, 0.29) is 11.9 Å². The first-order valence-corrected chi connectivity index (χ1v) is 11.3. The molecule has 0 aliphatic carbocycles. The molecule has 0 unspecified atom stereocenters. The molecule has 1 amide bonds. The first-order valence-electron chi connectivity index (χ1n) is 11.3. The molecule has 3 aromatic rings. The van der Waals surface area contributed by atoms with Gasteiger partial charge in [-0.25, -0.2) is 4.79 Å². The summed E-state index contributed by atoms with van der Waals surface area (Å²) >= 11 is 0. The van der Waals surface area contributed by atoms with Crippen LogP contribution in [0.4, 0.5) is 10.5 Å². The van der Waals surface area contributed by atoms with Crippen LogP contribution in [0.3, 0.4) is 0 Å². The molecule has 0 bridgehead atoms. The fourth-order valence-corrected chi connectivity index (χ4v) is 2.98. The normalized spacial score (nSPS) is 11.2. The van der Waals surface area contributed by atoms with Crippen LogP contribution in [0.15, 0.2) is 66.7 Å². The molecular weight excluding hydrogens is 438 g/mol. The van der Waals surface area contributed by atoms with Crippen molar-refractivity contribution in [2.24, 2.45) is 0 Å². The van der Waals surface area contributed by atoms with Crippen molar-refractivity contribution >= 4 is 11.8 Å². The summed E-state index contributed by atoms with van der Waals surface area (Å²) in [4.78, 5) is 12.1. The number of ether oxygens (including phenoxy) is 2. The van der Waals surface area contributed by atoms with E-state index in [4.69, 9.17) is 9.47 Å². The number of anilines is 1. The Hall–Kier alpha value is -4.35. The molecule has 0 heterocycles. The van der Waals surface area contributed by atoms with Crippen molar-refractivity contribution in [2.45, 2.75) is 46.3 Å². The van der Waals surface area contributed by atoms with E-state index in [1.807, 2.05) is 62.4 Å². The molecular formula is C30H29NO4. The van der Waals surface area contributed by atoms with Crippen LogP contribution in [-0.2, 0) is 4.74 Å². The van der Waals surface area contributed by atoms with E-state index in [0.29, 0.717) is 22.6 Å². The van der Waals surface area contributed by atoms with E-state index in [1.54, 1.807) is 32.9 Å². The second-order valence-electron chi connectivity index (χ2n) is 9.00. The van der Waals surface area contributed by atoms with Gasteiger partial charge in [0.05, 0.1) is 11.1 Å². The molecule has 35 heavy (non-hydrogen) atoms. The average Bonchev–Trinajstić information content (AvgIpc) is 2.78. The summed E-state index contributed by atoms with van der Waals surface area (Å²) in [6.45, 7) is 9.27. The first-order chi connectivity index (χ1) is 16.6. The zero-order valence-electron chi connectivity index (χ0n) is 20.6. The Morgan fingerprint density at radius 1 is 0.943 bits per heavy atom. The summed E-state index contributed by atoms with van der Waals surface area (Å²) in [5.41, 5.74) is 2.97. The number of nitrogens with one attached hydrogen (secondary N) is 1. The summed E-state index contributed by atoms with van der Waals surface area (Å²) in [6, 6.07) is 20.0. The predicted octanol–water partition coefficient (Wildman–Crippen LogP) is 6.27. The van der Waals surface area contributed by atoms with Crippen molar-refractivity contribution in [3.05, 3.63) is 89.0 Å². The standard InChI is InChI=1S/C30H29NO4/c1-21-10-13-23(14-11-21)15-12-22(2)34-28-9-7-6-8-24(28)16-17-25-20-26(18-19-27(25)32)31-29(33)35-30(3,4)5/h6-11,13-14,18-20,22,32H,1-5H3,(H,31,33)/t22-/m1/s1. The average molecular weight is 468 g/mol. The SMILES string of the molecule is Cc1ccc(C#C[C@@H](C)Oc2ccccc2C#Cc2cc(NC(=O)OC(C)(C)C)ccc2O)cc1. The van der Waals surface area contributed by atoms with Crippen LogP contribution in [0.1, 0.15) is 49.9 Å². The number of amides is 1. The van der Waals surface area contributed by atoms with Crippen LogP contribution in [0.25, 0.3) is 0 Å². The van der Waals surface area contributed by atoms with Crippen LogP contribution in [-0.4, -0.2) is 22.9 Å². The smallest absolute Gasteiger partial charge is 0.412 e. The van der Waals surface area contributed by atoms with Gasteiger partial charge in [-0.05, 0) is 77.1 Å². The molecule has 0 saturated carbocycles. The second kappa shape index (κ2) is 11.2. The van der Waals surface area contributed by atoms with E-state index < -0.39 is 11.7 Å². The molecule has 1 atom stereocenters. The molecule has 0 saturated heterocycles. The number of carbonyl (C=O) groups is 1. The van der Waals surface area contributed by atoms with Crippen LogP contribution in [0.2, 0.25) is 0 Å². The number of aromatic hydroxyl groups is 1. The molecule has 0 aromatic heterocycles. The number of carbonyl (C=O) groups excluding carboxylic acids is 1. The second-order valence-corrected chi connectivity index (χ2v) is 9.00. The van der Waals surface area contributed by atoms with Crippen LogP contribution in [0, 0.1) is 30.6 Å². The monoisotopic (exact) mass is 467 g/mol. The lowest BCUT2D eigenvalue weighted by Gasteiger charge is -2.19. The van der Waals surface area contributed by atoms with Crippen molar-refractivity contribution in [1.29, 1.82) is 0 Å². The van der Waals surface area contributed by atoms with Gasteiger partial charge in [-0.15, -0.1) is 0 Å². The third kappa shape index (κ3) is 8.18. The van der Waals surface area contributed by atoms with Gasteiger partial charge < -0.3 is 14.6 Å². The minimum atomic E-state index is -0.616. The zero-order chi connectivity index (χ0) is 25.4. The van der Waals surface area contributed by atoms with Gasteiger partial charge in [-0.1, -0.05) is 53.5 Å². The number of benzene rings is 3. The van der Waals surface area contributed by atoms with Crippen LogP contribution in [0.5, 0.6) is 11.5 Å². The highest BCUT2D eigenvalue weighted by Gasteiger charge is 2.16. The Labute approximate surface area is 207 Å². The van der Waals surface area contributed by atoms with Gasteiger partial charge in [-0.2, -0.15) is 0 Å². The lowest BCUT2D eigenvalue weighted by atomic mass is 10.1. The van der Waals surface area contributed by atoms with Crippen molar-refractivity contribution in [1.82, 2.24) is 0 Å². The molecule has 0 spiro atoms. The molecule has 5 heteroatoms. The quantitative estimate of drug-likeness (QED) is 0.352. The largest absolute Gasteiger partial charge is 0.507 e. The van der Waals surface area contributed by atoms with Gasteiger partial charge in [-0.3, -0.25) is 5.32 Å². The number of rotatable bonds is 3. The maximum absolute atomic E-state index is 12.1. The van der Waals surface area contributed by atoms with E-state index >= 15 is 0 Å². The van der Waals surface area contributed by atoms with Gasteiger partial charge >= 0.3 is 6.09 Å². The van der Waals surface area contributed by atoms with E-state index in [0.717, 1.165) is 5.56 Å². The Morgan fingerprint density at radius 3 is 2.34 bits per heavy atom. The van der Waals surface area contributed by atoms with E-state index in [2.05, 4.69) is 29.0 Å². The molecule has 2 N–H and O–H groups in total. The minimum Gasteiger partial charge on any atom is -0.507 e. The summed E-state index contributed by atoms with van der Waals surface area (Å²) in [6.07, 6.45) is -0.935. The molecule has 0 radical (unpaired) electrons. The zero-order valence-corrected chi connectivity index (χ0v) is 20.6. The first kappa shape index (κ1) is 25.3. The Kier molecular flexibility index (Phi) is 8.08.